The molecule has 0 aliphatic carbocycles. The number of hydrogen-bond donors (Lipinski definition) is 0. The molecule has 0 heterocycles. The van der Waals surface area contributed by atoms with E-state index in [4.69, 9.17) is 4.52 Å². The minimum absolute atomic E-state index is 0.650. The molecule has 23 heavy (non-hydrogen) atoms. The fourth-order valence-electron chi connectivity index (χ4n) is 2.78. The first kappa shape index (κ1) is 13.9. The van der Waals surface area contributed by atoms with E-state index in [2.05, 4.69) is 0 Å². The molecule has 4 aromatic carbocycles. The van der Waals surface area contributed by atoms with Crippen LogP contribution < -0.4 is 9.83 Å². The van der Waals surface area contributed by atoms with Crippen molar-refractivity contribution in [2.75, 3.05) is 0 Å². The Labute approximate surface area is 135 Å². The highest BCUT2D eigenvalue weighted by Crippen LogP contribution is 2.34. The molecule has 0 aliphatic heterocycles. The lowest BCUT2D eigenvalue weighted by Crippen LogP contribution is -2.01. The van der Waals surface area contributed by atoms with Crippen LogP contribution in [0.3, 0.4) is 0 Å². The Kier molecular flexibility index (Phi) is 3.53. The predicted molar refractivity (Wildman–Crippen MR) is 95.8 cm³/mol. The highest BCUT2D eigenvalue weighted by Gasteiger charge is 2.27. The van der Waals surface area contributed by atoms with Gasteiger partial charge in [0.1, 0.15) is 0 Å². The summed E-state index contributed by atoms with van der Waals surface area (Å²) in [5.74, 6) is 0.650. The first-order valence-electron chi connectivity index (χ1n) is 7.44. The smallest absolute Gasteiger partial charge is 0.250 e. The summed E-state index contributed by atoms with van der Waals surface area (Å²) in [6, 6.07) is 27.5. The van der Waals surface area contributed by atoms with Crippen molar-refractivity contribution >= 4 is 34.9 Å². The topological polar surface area (TPSA) is 26.3 Å². The third-order valence-corrected chi connectivity index (χ3v) is 5.04. The van der Waals surface area contributed by atoms with Crippen LogP contribution in [-0.2, 0) is 4.57 Å². The van der Waals surface area contributed by atoms with Gasteiger partial charge in [-0.2, -0.15) is 0 Å². The Bertz CT molecular complexity index is 1010. The zero-order valence-electron chi connectivity index (χ0n) is 12.3. The highest BCUT2D eigenvalue weighted by molar-refractivity contribution is 7.49. The van der Waals surface area contributed by atoms with Crippen molar-refractivity contribution in [3.63, 3.8) is 0 Å². The maximum atomic E-state index is 12.8. The second-order valence-corrected chi connectivity index (χ2v) is 6.50. The van der Waals surface area contributed by atoms with E-state index in [0.29, 0.717) is 5.75 Å². The van der Waals surface area contributed by atoms with Crippen LogP contribution >= 0.6 is 8.03 Å². The van der Waals surface area contributed by atoms with Crippen molar-refractivity contribution in [2.24, 2.45) is 0 Å². The lowest BCUT2D eigenvalue weighted by molar-refractivity contribution is 0.517. The SMILES string of the molecule is O=[P+](Oc1cccc2ccccc12)c1cccc2ccccc12. The Balaban J connectivity index is 1.77. The lowest BCUT2D eigenvalue weighted by Gasteiger charge is -2.01. The molecule has 110 valence electrons. The standard InChI is InChI=1S/C20H14O2P/c21-23(20-14-6-10-16-8-2-4-12-18(16)20)22-19-13-5-9-15-7-1-3-11-17(15)19/h1-14H/q+1. The Morgan fingerprint density at radius 2 is 1.17 bits per heavy atom. The van der Waals surface area contributed by atoms with Crippen LogP contribution in [0.25, 0.3) is 21.5 Å². The van der Waals surface area contributed by atoms with E-state index >= 15 is 0 Å². The molecule has 0 amide bonds. The molecule has 4 rings (SSSR count). The van der Waals surface area contributed by atoms with Crippen molar-refractivity contribution in [2.45, 2.75) is 0 Å². The fraction of sp³-hybridized carbons (Fsp3) is 0. The van der Waals surface area contributed by atoms with Gasteiger partial charge in [-0.1, -0.05) is 66.7 Å². The Morgan fingerprint density at radius 1 is 0.609 bits per heavy atom. The molecule has 0 N–H and O–H groups in total. The largest absolute Gasteiger partial charge is 0.597 e. The summed E-state index contributed by atoms with van der Waals surface area (Å²) in [5.41, 5.74) is 0. The second-order valence-electron chi connectivity index (χ2n) is 5.32. The Hall–Kier alpha value is -2.70. The number of fused-ring (bicyclic) bond motifs is 2. The summed E-state index contributed by atoms with van der Waals surface area (Å²) >= 11 is 0. The van der Waals surface area contributed by atoms with Gasteiger partial charge in [0.25, 0.3) is 0 Å². The second kappa shape index (κ2) is 5.83. The first-order chi connectivity index (χ1) is 11.3. The van der Waals surface area contributed by atoms with Crippen molar-refractivity contribution < 1.29 is 9.09 Å². The average molecular weight is 317 g/mol. The van der Waals surface area contributed by atoms with Crippen LogP contribution in [0.15, 0.2) is 84.9 Å². The third-order valence-electron chi connectivity index (χ3n) is 3.89. The van der Waals surface area contributed by atoms with Gasteiger partial charge in [0, 0.05) is 10.8 Å². The molecule has 1 atom stereocenters. The summed E-state index contributed by atoms with van der Waals surface area (Å²) in [6.07, 6.45) is 0. The van der Waals surface area contributed by atoms with Crippen LogP contribution in [0.4, 0.5) is 0 Å². The minimum Gasteiger partial charge on any atom is -0.250 e. The van der Waals surface area contributed by atoms with Gasteiger partial charge in [0.2, 0.25) is 5.30 Å². The predicted octanol–water partition coefficient (Wildman–Crippen LogP) is 5.44. The molecular formula is C20H14O2P+. The maximum absolute atomic E-state index is 12.8. The quantitative estimate of drug-likeness (QED) is 0.470. The number of benzene rings is 4. The van der Waals surface area contributed by atoms with Gasteiger partial charge in [-0.05, 0) is 33.5 Å². The monoisotopic (exact) mass is 317 g/mol. The van der Waals surface area contributed by atoms with Crippen LogP contribution in [0.5, 0.6) is 5.75 Å². The average Bonchev–Trinajstić information content (AvgIpc) is 2.61. The van der Waals surface area contributed by atoms with Gasteiger partial charge >= 0.3 is 8.03 Å². The molecule has 4 aromatic rings. The zero-order chi connectivity index (χ0) is 15.6. The summed E-state index contributed by atoms with van der Waals surface area (Å²) in [6.45, 7) is 0. The molecule has 1 unspecified atom stereocenters. The molecule has 0 aliphatic rings. The van der Waals surface area contributed by atoms with Crippen LogP contribution in [0.2, 0.25) is 0 Å². The molecule has 0 spiro atoms. The van der Waals surface area contributed by atoms with E-state index in [9.17, 15) is 4.57 Å². The van der Waals surface area contributed by atoms with Crippen molar-refractivity contribution in [1.82, 2.24) is 0 Å². The molecule has 0 saturated heterocycles. The summed E-state index contributed by atoms with van der Waals surface area (Å²) in [5, 5.41) is 4.81. The van der Waals surface area contributed by atoms with Gasteiger partial charge in [-0.15, -0.1) is 0 Å². The highest BCUT2D eigenvalue weighted by atomic mass is 31.1. The maximum Gasteiger partial charge on any atom is 0.597 e. The summed E-state index contributed by atoms with van der Waals surface area (Å²) in [4.78, 5) is 0. The summed E-state index contributed by atoms with van der Waals surface area (Å²) in [7, 11) is -1.97. The molecule has 0 aromatic heterocycles. The summed E-state index contributed by atoms with van der Waals surface area (Å²) < 4.78 is 18.6. The molecule has 2 nitrogen and oxygen atoms in total. The molecule has 0 fully saturated rings. The minimum atomic E-state index is -1.97. The van der Waals surface area contributed by atoms with Crippen molar-refractivity contribution in [3.05, 3.63) is 84.9 Å². The molecule has 3 heteroatoms. The molecule has 0 radical (unpaired) electrons. The van der Waals surface area contributed by atoms with Crippen molar-refractivity contribution in [3.8, 4) is 5.75 Å². The van der Waals surface area contributed by atoms with Gasteiger partial charge < -0.3 is 0 Å². The van der Waals surface area contributed by atoms with Crippen molar-refractivity contribution in [1.29, 1.82) is 0 Å². The van der Waals surface area contributed by atoms with E-state index < -0.39 is 8.03 Å². The van der Waals surface area contributed by atoms with E-state index in [1.54, 1.807) is 0 Å². The molecule has 0 bridgehead atoms. The number of rotatable bonds is 3. The normalized spacial score (nSPS) is 11.6. The van der Waals surface area contributed by atoms with Crippen LogP contribution in [0, 0.1) is 0 Å². The third kappa shape index (κ3) is 2.58. The molecule has 0 saturated carbocycles. The van der Waals surface area contributed by atoms with E-state index in [0.717, 1.165) is 26.8 Å². The van der Waals surface area contributed by atoms with Gasteiger partial charge in [-0.3, -0.25) is 0 Å². The fourth-order valence-corrected chi connectivity index (χ4v) is 3.83. The van der Waals surface area contributed by atoms with Gasteiger partial charge in [0.05, 0.1) is 0 Å². The lowest BCUT2D eigenvalue weighted by atomic mass is 10.1. The Morgan fingerprint density at radius 3 is 1.96 bits per heavy atom. The molecular weight excluding hydrogens is 303 g/mol. The van der Waals surface area contributed by atoms with Gasteiger partial charge in [-0.25, -0.2) is 4.52 Å². The van der Waals surface area contributed by atoms with E-state index in [-0.39, 0.29) is 0 Å². The zero-order valence-corrected chi connectivity index (χ0v) is 13.2. The van der Waals surface area contributed by atoms with E-state index in [1.807, 2.05) is 84.9 Å². The first-order valence-corrected chi connectivity index (χ1v) is 8.61. The van der Waals surface area contributed by atoms with E-state index in [1.165, 1.54) is 0 Å². The van der Waals surface area contributed by atoms with Gasteiger partial charge in [0.15, 0.2) is 5.75 Å². The van der Waals surface area contributed by atoms with Crippen LogP contribution in [0.1, 0.15) is 0 Å². The number of hydrogen-bond acceptors (Lipinski definition) is 2. The van der Waals surface area contributed by atoms with Crippen LogP contribution in [-0.4, -0.2) is 0 Å².